The number of carbonyl (C=O) groups is 3. The van der Waals surface area contributed by atoms with Crippen LogP contribution in [0.2, 0.25) is 0 Å². The van der Waals surface area contributed by atoms with Crippen LogP contribution in [0, 0.1) is 6.92 Å². The minimum atomic E-state index is -0.405. The number of ketones is 2. The van der Waals surface area contributed by atoms with E-state index in [9.17, 15) is 19.2 Å². The molecule has 2 aromatic carbocycles. The van der Waals surface area contributed by atoms with Crippen molar-refractivity contribution in [2.24, 2.45) is 7.05 Å². The van der Waals surface area contributed by atoms with Crippen LogP contribution in [0.3, 0.4) is 0 Å². The minimum Gasteiger partial charge on any atom is -0.321 e. The summed E-state index contributed by atoms with van der Waals surface area (Å²) in [5.74, 6) is -0.880. The van der Waals surface area contributed by atoms with Crippen molar-refractivity contribution in [2.45, 2.75) is 6.92 Å². The lowest BCUT2D eigenvalue weighted by Crippen LogP contribution is -2.21. The number of aromatic nitrogens is 2. The molecular weight excluding hydrogens is 414 g/mol. The van der Waals surface area contributed by atoms with Crippen molar-refractivity contribution in [1.29, 1.82) is 0 Å². The van der Waals surface area contributed by atoms with Crippen molar-refractivity contribution in [3.05, 3.63) is 91.8 Å². The van der Waals surface area contributed by atoms with Gasteiger partial charge >= 0.3 is 0 Å². The van der Waals surface area contributed by atoms with Crippen LogP contribution in [0.5, 0.6) is 0 Å². The molecule has 1 aliphatic carbocycles. The van der Waals surface area contributed by atoms with Gasteiger partial charge in [0.05, 0.1) is 16.6 Å². The Balaban J connectivity index is 1.52. The number of anilines is 1. The van der Waals surface area contributed by atoms with Crippen LogP contribution in [-0.2, 0) is 7.05 Å². The Bertz CT molecular complexity index is 1510. The van der Waals surface area contributed by atoms with Gasteiger partial charge in [-0.3, -0.25) is 19.2 Å². The molecule has 1 N–H and O–H groups in total. The summed E-state index contributed by atoms with van der Waals surface area (Å²) in [6, 6.07) is 11.4. The second-order valence-corrected chi connectivity index (χ2v) is 8.31. The predicted octanol–water partition coefficient (Wildman–Crippen LogP) is 3.33. The van der Waals surface area contributed by atoms with E-state index in [1.54, 1.807) is 50.4 Å². The second-order valence-electron chi connectivity index (χ2n) is 7.32. The number of nitrogens with one attached hydrogen (secondary N) is 1. The van der Waals surface area contributed by atoms with Crippen LogP contribution in [0.4, 0.5) is 5.69 Å². The molecule has 0 unspecified atom stereocenters. The van der Waals surface area contributed by atoms with Gasteiger partial charge in [0.15, 0.2) is 11.6 Å². The highest BCUT2D eigenvalue weighted by Crippen LogP contribution is 2.31. The SMILES string of the molecule is Cc1c(C(=O)Nc2ccc3c(c2)C(=O)c2ccccc2C3=O)sc2ncn(C)c(=O)c12. The van der Waals surface area contributed by atoms with Crippen molar-refractivity contribution in [1.82, 2.24) is 9.55 Å². The molecule has 0 spiro atoms. The molecule has 5 rings (SSSR count). The van der Waals surface area contributed by atoms with Crippen LogP contribution in [0.15, 0.2) is 53.6 Å². The average molecular weight is 429 g/mol. The first kappa shape index (κ1) is 19.1. The molecule has 0 fully saturated rings. The van der Waals surface area contributed by atoms with E-state index >= 15 is 0 Å². The van der Waals surface area contributed by atoms with Crippen molar-refractivity contribution < 1.29 is 14.4 Å². The Hall–Kier alpha value is -3.91. The van der Waals surface area contributed by atoms with E-state index in [0.717, 1.165) is 11.3 Å². The molecule has 0 bridgehead atoms. The topological polar surface area (TPSA) is 98.1 Å². The Kier molecular flexibility index (Phi) is 4.19. The number of hydrogen-bond donors (Lipinski definition) is 1. The summed E-state index contributed by atoms with van der Waals surface area (Å²) in [7, 11) is 1.61. The molecule has 1 aliphatic rings. The van der Waals surface area contributed by atoms with Crippen molar-refractivity contribution in [3.8, 4) is 0 Å². The highest BCUT2D eigenvalue weighted by Gasteiger charge is 2.29. The minimum absolute atomic E-state index is 0.214. The van der Waals surface area contributed by atoms with Crippen molar-refractivity contribution in [2.75, 3.05) is 5.32 Å². The maximum absolute atomic E-state index is 12.9. The number of benzene rings is 2. The zero-order chi connectivity index (χ0) is 21.9. The molecule has 0 atom stereocenters. The number of thiophene rings is 1. The number of nitrogens with zero attached hydrogens (tertiary/aromatic N) is 2. The van der Waals surface area contributed by atoms with E-state index in [4.69, 9.17) is 0 Å². The Morgan fingerprint density at radius 1 is 0.968 bits per heavy atom. The van der Waals surface area contributed by atoms with E-state index < -0.39 is 5.91 Å². The third-order valence-electron chi connectivity index (χ3n) is 5.40. The van der Waals surface area contributed by atoms with Crippen molar-refractivity contribution in [3.63, 3.8) is 0 Å². The standard InChI is InChI=1S/C23H15N3O4S/c1-11-17-22(24-10-26(2)23(17)30)31-20(11)21(29)25-12-7-8-15-16(9-12)19(28)14-6-4-3-5-13(14)18(15)27/h3-10H,1-2H3,(H,25,29). The molecule has 0 saturated carbocycles. The quantitative estimate of drug-likeness (QED) is 0.464. The molecule has 7 nitrogen and oxygen atoms in total. The highest BCUT2D eigenvalue weighted by molar-refractivity contribution is 7.20. The molecule has 8 heteroatoms. The number of amides is 1. The Morgan fingerprint density at radius 3 is 2.32 bits per heavy atom. The van der Waals surface area contributed by atoms with Crippen LogP contribution in [-0.4, -0.2) is 27.0 Å². The van der Waals surface area contributed by atoms with Crippen LogP contribution in [0.25, 0.3) is 10.2 Å². The van der Waals surface area contributed by atoms with Gasteiger partial charge in [0.2, 0.25) is 0 Å². The van der Waals surface area contributed by atoms with E-state index in [1.807, 2.05) is 0 Å². The lowest BCUT2D eigenvalue weighted by atomic mass is 9.84. The fourth-order valence-electron chi connectivity index (χ4n) is 3.79. The number of aryl methyl sites for hydroxylation is 2. The predicted molar refractivity (Wildman–Crippen MR) is 117 cm³/mol. The van der Waals surface area contributed by atoms with Crippen LogP contribution >= 0.6 is 11.3 Å². The third kappa shape index (κ3) is 2.83. The summed E-state index contributed by atoms with van der Waals surface area (Å²) in [6.07, 6.45) is 1.42. The molecule has 0 radical (unpaired) electrons. The largest absolute Gasteiger partial charge is 0.321 e. The van der Waals surface area contributed by atoms with E-state index in [2.05, 4.69) is 10.3 Å². The maximum Gasteiger partial charge on any atom is 0.266 e. The summed E-state index contributed by atoms with van der Waals surface area (Å²) in [5, 5.41) is 3.19. The first-order valence-corrected chi connectivity index (χ1v) is 10.3. The van der Waals surface area contributed by atoms with Gasteiger partial charge < -0.3 is 9.88 Å². The number of carbonyl (C=O) groups excluding carboxylic acids is 3. The normalized spacial score (nSPS) is 12.6. The first-order valence-electron chi connectivity index (χ1n) is 9.45. The molecule has 4 aromatic rings. The molecular formula is C23H15N3O4S. The summed E-state index contributed by atoms with van der Waals surface area (Å²) in [5.41, 5.74) is 2.04. The van der Waals surface area contributed by atoms with E-state index in [-0.39, 0.29) is 22.7 Å². The third-order valence-corrected chi connectivity index (χ3v) is 6.60. The summed E-state index contributed by atoms with van der Waals surface area (Å²) in [4.78, 5) is 56.0. The molecule has 2 aromatic heterocycles. The van der Waals surface area contributed by atoms with Gasteiger partial charge in [-0.15, -0.1) is 11.3 Å². The van der Waals surface area contributed by atoms with E-state index in [1.165, 1.54) is 17.0 Å². The lowest BCUT2D eigenvalue weighted by molar-refractivity contribution is 0.0979. The van der Waals surface area contributed by atoms with E-state index in [0.29, 0.717) is 43.0 Å². The molecule has 1 amide bonds. The molecule has 0 aliphatic heterocycles. The maximum atomic E-state index is 12.9. The monoisotopic (exact) mass is 429 g/mol. The molecule has 0 saturated heterocycles. The number of fused-ring (bicyclic) bond motifs is 3. The average Bonchev–Trinajstić information content (AvgIpc) is 3.12. The van der Waals surface area contributed by atoms with Crippen LogP contribution in [0.1, 0.15) is 47.1 Å². The zero-order valence-electron chi connectivity index (χ0n) is 16.6. The second kappa shape index (κ2) is 6.82. The molecule has 2 heterocycles. The smallest absolute Gasteiger partial charge is 0.266 e. The van der Waals surface area contributed by atoms with Gasteiger partial charge in [-0.2, -0.15) is 0 Å². The van der Waals surface area contributed by atoms with Gasteiger partial charge in [0.25, 0.3) is 11.5 Å². The highest BCUT2D eigenvalue weighted by atomic mass is 32.1. The van der Waals surface area contributed by atoms with Gasteiger partial charge in [-0.05, 0) is 30.7 Å². The fraction of sp³-hybridized carbons (Fsp3) is 0.0870. The zero-order valence-corrected chi connectivity index (χ0v) is 17.4. The number of hydrogen-bond acceptors (Lipinski definition) is 6. The molecule has 31 heavy (non-hydrogen) atoms. The van der Waals surface area contributed by atoms with Gasteiger partial charge in [0.1, 0.15) is 4.83 Å². The lowest BCUT2D eigenvalue weighted by Gasteiger charge is -2.18. The van der Waals surface area contributed by atoms with Gasteiger partial charge in [-0.1, -0.05) is 24.3 Å². The van der Waals surface area contributed by atoms with Gasteiger partial charge in [-0.25, -0.2) is 4.98 Å². The fourth-order valence-corrected chi connectivity index (χ4v) is 4.82. The summed E-state index contributed by atoms with van der Waals surface area (Å²) < 4.78 is 1.37. The summed E-state index contributed by atoms with van der Waals surface area (Å²) in [6.45, 7) is 1.71. The first-order chi connectivity index (χ1) is 14.9. The number of rotatable bonds is 2. The van der Waals surface area contributed by atoms with Crippen LogP contribution < -0.4 is 10.9 Å². The van der Waals surface area contributed by atoms with Crippen molar-refractivity contribution >= 4 is 44.7 Å². The summed E-state index contributed by atoms with van der Waals surface area (Å²) >= 11 is 1.14. The Labute approximate surface area is 180 Å². The van der Waals surface area contributed by atoms with Gasteiger partial charge in [0, 0.05) is 35.0 Å². The Morgan fingerprint density at radius 2 is 1.61 bits per heavy atom. The molecule has 152 valence electrons.